The molecule has 6 nitrogen and oxygen atoms in total. The molecular weight excluding hydrogens is 373 g/mol. The maximum absolute atomic E-state index is 13.0. The van der Waals surface area contributed by atoms with Crippen molar-refractivity contribution in [2.24, 2.45) is 0 Å². The molecule has 1 fully saturated rings. The molecule has 1 atom stereocenters. The second kappa shape index (κ2) is 10.0. The van der Waals surface area contributed by atoms with Crippen molar-refractivity contribution in [3.05, 3.63) is 65.5 Å². The molecule has 1 heterocycles. The van der Waals surface area contributed by atoms with Crippen molar-refractivity contribution in [3.8, 4) is 5.75 Å². The van der Waals surface area contributed by atoms with Crippen molar-refractivity contribution in [1.82, 2.24) is 15.5 Å². The monoisotopic (exact) mass is 399 g/mol. The van der Waals surface area contributed by atoms with Crippen LogP contribution in [0.4, 0.5) is 4.39 Å². The van der Waals surface area contributed by atoms with Crippen LogP contribution in [0.15, 0.2) is 48.5 Å². The Kier molecular flexibility index (Phi) is 7.19. The molecular formula is C22H26FN3O3. The van der Waals surface area contributed by atoms with Gasteiger partial charge in [0.15, 0.2) is 0 Å². The summed E-state index contributed by atoms with van der Waals surface area (Å²) >= 11 is 0. The van der Waals surface area contributed by atoms with Gasteiger partial charge in [-0.1, -0.05) is 30.3 Å². The van der Waals surface area contributed by atoms with Crippen LogP contribution >= 0.6 is 0 Å². The van der Waals surface area contributed by atoms with Gasteiger partial charge in [-0.25, -0.2) is 4.39 Å². The van der Waals surface area contributed by atoms with E-state index in [0.29, 0.717) is 32.8 Å². The molecule has 2 aromatic rings. The lowest BCUT2D eigenvalue weighted by Gasteiger charge is -2.35. The maximum Gasteiger partial charge on any atom is 0.237 e. The Balaban J connectivity index is 1.63. The summed E-state index contributed by atoms with van der Waals surface area (Å²) in [6.07, 6.45) is 0.0594. The van der Waals surface area contributed by atoms with Crippen molar-refractivity contribution in [2.45, 2.75) is 32.5 Å². The number of nitrogens with zero attached hydrogens (tertiary/aromatic N) is 1. The topological polar surface area (TPSA) is 70.7 Å². The van der Waals surface area contributed by atoms with Gasteiger partial charge in [-0.3, -0.25) is 14.5 Å². The van der Waals surface area contributed by atoms with Crippen LogP contribution < -0.4 is 15.4 Å². The number of ether oxygens (including phenoxy) is 1. The lowest BCUT2D eigenvalue weighted by Crippen LogP contribution is -2.56. The average molecular weight is 399 g/mol. The summed E-state index contributed by atoms with van der Waals surface area (Å²) in [4.78, 5) is 26.9. The fourth-order valence-electron chi connectivity index (χ4n) is 3.37. The van der Waals surface area contributed by atoms with E-state index in [1.165, 1.54) is 12.1 Å². The van der Waals surface area contributed by atoms with E-state index in [-0.39, 0.29) is 24.1 Å². The number of rotatable bonds is 8. The molecule has 1 saturated heterocycles. The predicted molar refractivity (Wildman–Crippen MR) is 108 cm³/mol. The van der Waals surface area contributed by atoms with Gasteiger partial charge in [0, 0.05) is 31.7 Å². The summed E-state index contributed by atoms with van der Waals surface area (Å²) in [5.41, 5.74) is 1.79. The number of halogens is 1. The highest BCUT2D eigenvalue weighted by Crippen LogP contribution is 2.22. The highest BCUT2D eigenvalue weighted by Gasteiger charge is 2.32. The number of carbonyl (C=O) groups excluding carboxylic acids is 2. The number of hydrogen-bond donors (Lipinski definition) is 2. The normalized spacial score (nSPS) is 16.9. The first-order valence-corrected chi connectivity index (χ1v) is 9.80. The van der Waals surface area contributed by atoms with Crippen LogP contribution in [0.25, 0.3) is 0 Å². The molecule has 1 aliphatic heterocycles. The van der Waals surface area contributed by atoms with Crippen LogP contribution in [-0.4, -0.2) is 42.5 Å². The predicted octanol–water partition coefficient (Wildman–Crippen LogP) is 2.23. The van der Waals surface area contributed by atoms with Crippen molar-refractivity contribution in [2.75, 3.05) is 19.7 Å². The summed E-state index contributed by atoms with van der Waals surface area (Å²) in [7, 11) is 0. The molecule has 0 saturated carbocycles. The van der Waals surface area contributed by atoms with Gasteiger partial charge in [0.2, 0.25) is 11.8 Å². The summed E-state index contributed by atoms with van der Waals surface area (Å²) in [6, 6.07) is 13.1. The van der Waals surface area contributed by atoms with Gasteiger partial charge in [-0.05, 0) is 30.7 Å². The number of hydrogen-bond acceptors (Lipinski definition) is 4. The third-order valence-corrected chi connectivity index (χ3v) is 4.87. The lowest BCUT2D eigenvalue weighted by atomic mass is 10.1. The van der Waals surface area contributed by atoms with Crippen molar-refractivity contribution in [1.29, 1.82) is 0 Å². The van der Waals surface area contributed by atoms with E-state index in [0.717, 1.165) is 16.9 Å². The second-order valence-corrected chi connectivity index (χ2v) is 6.93. The highest BCUT2D eigenvalue weighted by molar-refractivity contribution is 5.88. The molecule has 2 N–H and O–H groups in total. The number of piperazine rings is 1. The molecule has 2 aromatic carbocycles. The largest absolute Gasteiger partial charge is 0.494 e. The molecule has 0 aliphatic carbocycles. The summed E-state index contributed by atoms with van der Waals surface area (Å²) in [5.74, 6) is 0.101. The number of para-hydroxylation sites is 1. The van der Waals surface area contributed by atoms with Gasteiger partial charge < -0.3 is 15.4 Å². The van der Waals surface area contributed by atoms with Crippen LogP contribution in [0.2, 0.25) is 0 Å². The first-order chi connectivity index (χ1) is 14.1. The van der Waals surface area contributed by atoms with Gasteiger partial charge >= 0.3 is 0 Å². The molecule has 0 radical (unpaired) electrons. The molecule has 1 aliphatic rings. The van der Waals surface area contributed by atoms with E-state index in [1.54, 1.807) is 12.1 Å². The average Bonchev–Trinajstić information content (AvgIpc) is 2.72. The summed E-state index contributed by atoms with van der Waals surface area (Å²) < 4.78 is 18.7. The van der Waals surface area contributed by atoms with Crippen LogP contribution in [0.5, 0.6) is 5.75 Å². The summed E-state index contributed by atoms with van der Waals surface area (Å²) in [5, 5.41) is 5.65. The highest BCUT2D eigenvalue weighted by atomic mass is 19.1. The quantitative estimate of drug-likeness (QED) is 0.714. The van der Waals surface area contributed by atoms with Gasteiger partial charge in [-0.15, -0.1) is 0 Å². The Morgan fingerprint density at radius 1 is 1.24 bits per heavy atom. The number of nitrogens with one attached hydrogen (secondary N) is 2. The number of carbonyl (C=O) groups is 2. The minimum absolute atomic E-state index is 0.0594. The van der Waals surface area contributed by atoms with Crippen LogP contribution in [-0.2, 0) is 22.7 Å². The first-order valence-electron chi connectivity index (χ1n) is 9.80. The molecule has 3 rings (SSSR count). The van der Waals surface area contributed by atoms with E-state index < -0.39 is 6.04 Å². The SMILES string of the molecule is CCOc1ccccc1CN1CCNC(=O)[C@H]1CC(=O)NCc1ccc(F)cc1. The zero-order valence-corrected chi connectivity index (χ0v) is 16.5. The Bertz CT molecular complexity index is 841. The van der Waals surface area contributed by atoms with E-state index in [1.807, 2.05) is 36.1 Å². The third kappa shape index (κ3) is 5.77. The van der Waals surface area contributed by atoms with Gasteiger partial charge in [0.1, 0.15) is 11.6 Å². The van der Waals surface area contributed by atoms with E-state index in [2.05, 4.69) is 10.6 Å². The number of benzene rings is 2. The van der Waals surface area contributed by atoms with Crippen LogP contribution in [0.1, 0.15) is 24.5 Å². The molecule has 2 amide bonds. The lowest BCUT2D eigenvalue weighted by molar-refractivity contribution is -0.134. The Hall–Kier alpha value is -2.93. The third-order valence-electron chi connectivity index (χ3n) is 4.87. The molecule has 0 unspecified atom stereocenters. The molecule has 154 valence electrons. The van der Waals surface area contributed by atoms with Crippen LogP contribution in [0, 0.1) is 5.82 Å². The van der Waals surface area contributed by atoms with Crippen molar-refractivity contribution in [3.63, 3.8) is 0 Å². The Morgan fingerprint density at radius 3 is 2.76 bits per heavy atom. The van der Waals surface area contributed by atoms with Gasteiger partial charge in [0.05, 0.1) is 19.1 Å². The molecule has 29 heavy (non-hydrogen) atoms. The number of amides is 2. The van der Waals surface area contributed by atoms with E-state index >= 15 is 0 Å². The first kappa shape index (κ1) is 20.8. The smallest absolute Gasteiger partial charge is 0.237 e. The van der Waals surface area contributed by atoms with Gasteiger partial charge in [-0.2, -0.15) is 0 Å². The molecule has 7 heteroatoms. The van der Waals surface area contributed by atoms with Crippen LogP contribution in [0.3, 0.4) is 0 Å². The molecule has 0 spiro atoms. The summed E-state index contributed by atoms with van der Waals surface area (Å²) in [6.45, 7) is 4.51. The maximum atomic E-state index is 13.0. The minimum atomic E-state index is -0.549. The van der Waals surface area contributed by atoms with Crippen molar-refractivity contribution < 1.29 is 18.7 Å². The molecule has 0 aromatic heterocycles. The standard InChI is InChI=1S/C22H26FN3O3/c1-2-29-20-6-4-3-5-17(20)15-26-12-11-24-22(28)19(26)13-21(27)25-14-16-7-9-18(23)10-8-16/h3-10,19H,2,11-15H2,1H3,(H,24,28)(H,25,27)/t19-/m1/s1. The van der Waals surface area contributed by atoms with Gasteiger partial charge in [0.25, 0.3) is 0 Å². The van der Waals surface area contributed by atoms with E-state index in [4.69, 9.17) is 4.74 Å². The second-order valence-electron chi connectivity index (χ2n) is 6.93. The molecule has 0 bridgehead atoms. The Labute approximate surface area is 170 Å². The van der Waals surface area contributed by atoms with E-state index in [9.17, 15) is 14.0 Å². The van der Waals surface area contributed by atoms with Crippen molar-refractivity contribution >= 4 is 11.8 Å². The zero-order valence-electron chi connectivity index (χ0n) is 16.5. The zero-order chi connectivity index (χ0) is 20.6. The fourth-order valence-corrected chi connectivity index (χ4v) is 3.37. The fraction of sp³-hybridized carbons (Fsp3) is 0.364. The Morgan fingerprint density at radius 2 is 2.00 bits per heavy atom. The minimum Gasteiger partial charge on any atom is -0.494 e.